The number of aryl methyl sites for hydroxylation is 1. The summed E-state index contributed by atoms with van der Waals surface area (Å²) in [6, 6.07) is 0. The average Bonchev–Trinajstić information content (AvgIpc) is 2.82. The van der Waals surface area contributed by atoms with Crippen molar-refractivity contribution in [2.45, 2.75) is 26.3 Å². The Bertz CT molecular complexity index is 426. The lowest BCUT2D eigenvalue weighted by Crippen LogP contribution is -2.43. The highest BCUT2D eigenvalue weighted by molar-refractivity contribution is 7.09. The Morgan fingerprint density at radius 1 is 1.65 bits per heavy atom. The zero-order chi connectivity index (χ0) is 13.7. The molecule has 2 rings (SSSR count). The zero-order valence-electron chi connectivity index (χ0n) is 11.8. The highest BCUT2D eigenvalue weighted by Gasteiger charge is 2.25. The van der Waals surface area contributed by atoms with E-state index in [1.807, 2.05) is 12.4 Å². The van der Waals surface area contributed by atoms with Gasteiger partial charge in [0.2, 0.25) is 5.91 Å². The standard InChI is InChI=1S/C13H22N4OS.ClH/c1-10-12(19-9-16-10)8-17-6-2-3-11(7-17)13(18)15-5-4-14;/h9,11H,2-8,14H2,1H3,(H,15,18);1H. The van der Waals surface area contributed by atoms with Gasteiger partial charge in [-0.25, -0.2) is 4.98 Å². The molecule has 114 valence electrons. The first-order chi connectivity index (χ1) is 9.20. The lowest BCUT2D eigenvalue weighted by Gasteiger charge is -2.31. The number of carbonyl (C=O) groups is 1. The third kappa shape index (κ3) is 4.70. The van der Waals surface area contributed by atoms with E-state index in [-0.39, 0.29) is 24.2 Å². The van der Waals surface area contributed by atoms with Crippen molar-refractivity contribution < 1.29 is 4.79 Å². The minimum absolute atomic E-state index is 0. The van der Waals surface area contributed by atoms with E-state index >= 15 is 0 Å². The molecule has 5 nitrogen and oxygen atoms in total. The largest absolute Gasteiger partial charge is 0.355 e. The van der Waals surface area contributed by atoms with Gasteiger partial charge in [0.1, 0.15) is 0 Å². The van der Waals surface area contributed by atoms with Crippen LogP contribution in [0.25, 0.3) is 0 Å². The normalized spacial score (nSPS) is 19.4. The van der Waals surface area contributed by atoms with Crippen molar-refractivity contribution in [1.82, 2.24) is 15.2 Å². The number of thiazole rings is 1. The second-order valence-corrected chi connectivity index (χ2v) is 5.95. The van der Waals surface area contributed by atoms with Crippen LogP contribution >= 0.6 is 23.7 Å². The van der Waals surface area contributed by atoms with Crippen LogP contribution in [0, 0.1) is 12.8 Å². The number of hydrogen-bond donors (Lipinski definition) is 2. The first-order valence-corrected chi connectivity index (χ1v) is 7.67. The summed E-state index contributed by atoms with van der Waals surface area (Å²) in [4.78, 5) is 19.9. The van der Waals surface area contributed by atoms with Crippen molar-refractivity contribution in [1.29, 1.82) is 0 Å². The molecule has 1 aromatic heterocycles. The van der Waals surface area contributed by atoms with Gasteiger partial charge in [0.15, 0.2) is 0 Å². The van der Waals surface area contributed by atoms with Gasteiger partial charge in [0, 0.05) is 31.1 Å². The molecule has 0 spiro atoms. The van der Waals surface area contributed by atoms with Crippen LogP contribution in [0.1, 0.15) is 23.4 Å². The van der Waals surface area contributed by atoms with Gasteiger partial charge in [-0.05, 0) is 26.3 Å². The minimum atomic E-state index is 0. The van der Waals surface area contributed by atoms with Crippen molar-refractivity contribution in [3.8, 4) is 0 Å². The van der Waals surface area contributed by atoms with E-state index in [2.05, 4.69) is 15.2 Å². The summed E-state index contributed by atoms with van der Waals surface area (Å²) < 4.78 is 0. The third-order valence-electron chi connectivity index (χ3n) is 3.53. The number of amides is 1. The second-order valence-electron chi connectivity index (χ2n) is 5.01. The molecule has 1 amide bonds. The fourth-order valence-corrected chi connectivity index (χ4v) is 3.25. The van der Waals surface area contributed by atoms with Crippen LogP contribution in [-0.2, 0) is 11.3 Å². The molecular formula is C13H23ClN4OS. The highest BCUT2D eigenvalue weighted by atomic mass is 35.5. The van der Waals surface area contributed by atoms with Crippen molar-refractivity contribution in [3.63, 3.8) is 0 Å². The van der Waals surface area contributed by atoms with Gasteiger partial charge in [0.25, 0.3) is 0 Å². The lowest BCUT2D eigenvalue weighted by atomic mass is 9.97. The number of nitrogens with one attached hydrogen (secondary N) is 1. The maximum Gasteiger partial charge on any atom is 0.224 e. The molecular weight excluding hydrogens is 296 g/mol. The van der Waals surface area contributed by atoms with Crippen LogP contribution in [0.4, 0.5) is 0 Å². The van der Waals surface area contributed by atoms with E-state index in [0.717, 1.165) is 38.2 Å². The van der Waals surface area contributed by atoms with Gasteiger partial charge < -0.3 is 11.1 Å². The van der Waals surface area contributed by atoms with Crippen LogP contribution in [0.15, 0.2) is 5.51 Å². The Kier molecular flexibility index (Phi) is 7.43. The topological polar surface area (TPSA) is 71.2 Å². The SMILES string of the molecule is Cc1ncsc1CN1CCCC(C(=O)NCCN)C1.Cl. The summed E-state index contributed by atoms with van der Waals surface area (Å²) in [5, 5.41) is 2.89. The van der Waals surface area contributed by atoms with E-state index in [9.17, 15) is 4.79 Å². The average molecular weight is 319 g/mol. The number of hydrogen-bond acceptors (Lipinski definition) is 5. The Hall–Kier alpha value is -0.690. The number of nitrogens with zero attached hydrogens (tertiary/aromatic N) is 2. The van der Waals surface area contributed by atoms with Gasteiger partial charge in [-0.1, -0.05) is 0 Å². The van der Waals surface area contributed by atoms with Crippen LogP contribution in [-0.4, -0.2) is 42.0 Å². The van der Waals surface area contributed by atoms with Crippen molar-refractivity contribution in [2.24, 2.45) is 11.7 Å². The van der Waals surface area contributed by atoms with Crippen molar-refractivity contribution in [3.05, 3.63) is 16.1 Å². The minimum Gasteiger partial charge on any atom is -0.355 e. The first-order valence-electron chi connectivity index (χ1n) is 6.79. The number of piperidine rings is 1. The van der Waals surface area contributed by atoms with Gasteiger partial charge in [-0.3, -0.25) is 9.69 Å². The Labute approximate surface area is 130 Å². The molecule has 1 fully saturated rings. The molecule has 0 aliphatic carbocycles. The molecule has 0 aromatic carbocycles. The van der Waals surface area contributed by atoms with E-state index < -0.39 is 0 Å². The number of rotatable bonds is 5. The van der Waals surface area contributed by atoms with E-state index in [1.165, 1.54) is 4.88 Å². The zero-order valence-corrected chi connectivity index (χ0v) is 13.4. The molecule has 3 N–H and O–H groups in total. The van der Waals surface area contributed by atoms with Crippen LogP contribution < -0.4 is 11.1 Å². The molecule has 1 aromatic rings. The molecule has 7 heteroatoms. The molecule has 2 heterocycles. The van der Waals surface area contributed by atoms with Crippen molar-refractivity contribution in [2.75, 3.05) is 26.2 Å². The van der Waals surface area contributed by atoms with Crippen LogP contribution in [0.3, 0.4) is 0 Å². The van der Waals surface area contributed by atoms with Gasteiger partial charge in [0.05, 0.1) is 17.1 Å². The lowest BCUT2D eigenvalue weighted by molar-refractivity contribution is -0.126. The molecule has 0 saturated carbocycles. The summed E-state index contributed by atoms with van der Waals surface area (Å²) in [6.07, 6.45) is 2.06. The summed E-state index contributed by atoms with van der Waals surface area (Å²) in [5.74, 6) is 0.254. The van der Waals surface area contributed by atoms with E-state index in [4.69, 9.17) is 5.73 Å². The van der Waals surface area contributed by atoms with Gasteiger partial charge in [-0.2, -0.15) is 0 Å². The Balaban J connectivity index is 0.00000200. The predicted octanol–water partition coefficient (Wildman–Crippen LogP) is 1.16. The fourth-order valence-electron chi connectivity index (χ4n) is 2.43. The summed E-state index contributed by atoms with van der Waals surface area (Å²) in [6.45, 7) is 5.94. The molecule has 0 bridgehead atoms. The number of carbonyl (C=O) groups excluding carboxylic acids is 1. The third-order valence-corrected chi connectivity index (χ3v) is 4.45. The fraction of sp³-hybridized carbons (Fsp3) is 0.692. The maximum absolute atomic E-state index is 12.0. The summed E-state index contributed by atoms with van der Waals surface area (Å²) in [7, 11) is 0. The summed E-state index contributed by atoms with van der Waals surface area (Å²) >= 11 is 1.70. The van der Waals surface area contributed by atoms with Crippen molar-refractivity contribution >= 4 is 29.7 Å². The monoisotopic (exact) mass is 318 g/mol. The number of aromatic nitrogens is 1. The molecule has 1 aliphatic rings. The number of nitrogens with two attached hydrogens (primary N) is 1. The van der Waals surface area contributed by atoms with Gasteiger partial charge in [-0.15, -0.1) is 23.7 Å². The van der Waals surface area contributed by atoms with Crippen LogP contribution in [0.5, 0.6) is 0 Å². The molecule has 1 unspecified atom stereocenters. The molecule has 1 saturated heterocycles. The first kappa shape index (κ1) is 17.4. The Morgan fingerprint density at radius 3 is 3.10 bits per heavy atom. The number of likely N-dealkylation sites (tertiary alicyclic amines) is 1. The van der Waals surface area contributed by atoms with E-state index in [0.29, 0.717) is 13.1 Å². The maximum atomic E-state index is 12.0. The molecule has 1 atom stereocenters. The predicted molar refractivity (Wildman–Crippen MR) is 84.2 cm³/mol. The van der Waals surface area contributed by atoms with Crippen LogP contribution in [0.2, 0.25) is 0 Å². The second kappa shape index (κ2) is 8.56. The summed E-state index contributed by atoms with van der Waals surface area (Å²) in [5.41, 5.74) is 8.41. The number of halogens is 1. The van der Waals surface area contributed by atoms with Gasteiger partial charge >= 0.3 is 0 Å². The highest BCUT2D eigenvalue weighted by Crippen LogP contribution is 2.21. The quantitative estimate of drug-likeness (QED) is 0.854. The molecule has 20 heavy (non-hydrogen) atoms. The molecule has 1 aliphatic heterocycles. The van der Waals surface area contributed by atoms with E-state index in [1.54, 1.807) is 11.3 Å². The molecule has 0 radical (unpaired) electrons. The Morgan fingerprint density at radius 2 is 2.45 bits per heavy atom. The smallest absolute Gasteiger partial charge is 0.224 e.